The molecule has 0 amide bonds. The Balaban J connectivity index is 2.39. The van der Waals surface area contributed by atoms with Gasteiger partial charge in [-0.1, -0.05) is 25.5 Å². The second-order valence-electron chi connectivity index (χ2n) is 4.06. The number of rotatable bonds is 6. The van der Waals surface area contributed by atoms with Crippen LogP contribution in [0.2, 0.25) is 0 Å². The molecule has 0 N–H and O–H groups in total. The fourth-order valence-electron chi connectivity index (χ4n) is 1.39. The number of esters is 1. The van der Waals surface area contributed by atoms with Gasteiger partial charge in [-0.15, -0.1) is 0 Å². The first-order valence-electron chi connectivity index (χ1n) is 5.99. The summed E-state index contributed by atoms with van der Waals surface area (Å²) in [5.41, 5.74) is 2.22. The van der Waals surface area contributed by atoms with Crippen molar-refractivity contribution in [3.63, 3.8) is 0 Å². The quantitative estimate of drug-likeness (QED) is 0.562. The summed E-state index contributed by atoms with van der Waals surface area (Å²) in [7, 11) is 0. The van der Waals surface area contributed by atoms with E-state index in [9.17, 15) is 4.79 Å². The van der Waals surface area contributed by atoms with Crippen LogP contribution >= 0.6 is 0 Å². The molecule has 3 nitrogen and oxygen atoms in total. The van der Waals surface area contributed by atoms with Crippen LogP contribution in [0.3, 0.4) is 0 Å². The first-order chi connectivity index (χ1) is 8.15. The van der Waals surface area contributed by atoms with Gasteiger partial charge >= 0.3 is 5.97 Å². The van der Waals surface area contributed by atoms with Gasteiger partial charge in [-0.25, -0.2) is 4.79 Å². The van der Waals surface area contributed by atoms with Crippen LogP contribution in [0.1, 0.15) is 30.9 Å². The number of hydrogen-bond donors (Lipinski definition) is 0. The molecule has 0 saturated heterocycles. The Hall–Kier alpha value is -1.51. The summed E-state index contributed by atoms with van der Waals surface area (Å²) in [5.74, 6) is 0.441. The molecule has 17 heavy (non-hydrogen) atoms. The maximum Gasteiger partial charge on any atom is 0.344 e. The van der Waals surface area contributed by atoms with Gasteiger partial charge in [-0.3, -0.25) is 0 Å². The first-order valence-corrected chi connectivity index (χ1v) is 5.99. The van der Waals surface area contributed by atoms with Crippen molar-refractivity contribution < 1.29 is 14.3 Å². The SMILES string of the molecule is CCCCOC(=O)COc1cccc(C)c1C. The number of ether oxygens (including phenoxy) is 2. The second kappa shape index (κ2) is 6.94. The van der Waals surface area contributed by atoms with Crippen molar-refractivity contribution in [2.45, 2.75) is 33.6 Å². The maximum atomic E-state index is 11.3. The predicted octanol–water partition coefficient (Wildman–Crippen LogP) is 3.03. The monoisotopic (exact) mass is 236 g/mol. The minimum atomic E-state index is -0.306. The average Bonchev–Trinajstić information content (AvgIpc) is 2.31. The van der Waals surface area contributed by atoms with E-state index in [4.69, 9.17) is 9.47 Å². The molecular formula is C14H20O3. The molecule has 0 heterocycles. The van der Waals surface area contributed by atoms with E-state index in [0.717, 1.165) is 29.7 Å². The molecule has 0 aliphatic carbocycles. The van der Waals surface area contributed by atoms with Crippen molar-refractivity contribution in [2.24, 2.45) is 0 Å². The summed E-state index contributed by atoms with van der Waals surface area (Å²) in [4.78, 5) is 11.3. The van der Waals surface area contributed by atoms with Gasteiger partial charge in [0.05, 0.1) is 6.61 Å². The highest BCUT2D eigenvalue weighted by atomic mass is 16.6. The van der Waals surface area contributed by atoms with Gasteiger partial charge < -0.3 is 9.47 Å². The third-order valence-corrected chi connectivity index (χ3v) is 2.66. The fourth-order valence-corrected chi connectivity index (χ4v) is 1.39. The van der Waals surface area contributed by atoms with Gasteiger partial charge in [-0.05, 0) is 37.5 Å². The Morgan fingerprint density at radius 3 is 2.76 bits per heavy atom. The minimum Gasteiger partial charge on any atom is -0.482 e. The van der Waals surface area contributed by atoms with Gasteiger partial charge in [0.15, 0.2) is 6.61 Å². The summed E-state index contributed by atoms with van der Waals surface area (Å²) in [6.07, 6.45) is 1.92. The summed E-state index contributed by atoms with van der Waals surface area (Å²) < 4.78 is 10.4. The number of benzene rings is 1. The second-order valence-corrected chi connectivity index (χ2v) is 4.06. The van der Waals surface area contributed by atoms with E-state index in [0.29, 0.717) is 6.61 Å². The zero-order chi connectivity index (χ0) is 12.7. The van der Waals surface area contributed by atoms with E-state index in [2.05, 4.69) is 6.92 Å². The molecule has 0 unspecified atom stereocenters. The molecule has 0 atom stereocenters. The van der Waals surface area contributed by atoms with E-state index in [1.54, 1.807) is 0 Å². The number of carbonyl (C=O) groups excluding carboxylic acids is 1. The van der Waals surface area contributed by atoms with Gasteiger partial charge in [-0.2, -0.15) is 0 Å². The number of unbranched alkanes of at least 4 members (excludes halogenated alkanes) is 1. The molecule has 0 bridgehead atoms. The molecule has 3 heteroatoms. The number of aryl methyl sites for hydroxylation is 1. The zero-order valence-electron chi connectivity index (χ0n) is 10.8. The smallest absolute Gasteiger partial charge is 0.344 e. The Kier molecular flexibility index (Phi) is 5.53. The highest BCUT2D eigenvalue weighted by Gasteiger charge is 2.06. The van der Waals surface area contributed by atoms with Crippen LogP contribution < -0.4 is 4.74 Å². The van der Waals surface area contributed by atoms with Gasteiger partial charge in [0, 0.05) is 0 Å². The van der Waals surface area contributed by atoms with Crippen LogP contribution in [0.25, 0.3) is 0 Å². The standard InChI is InChI=1S/C14H20O3/c1-4-5-9-16-14(15)10-17-13-8-6-7-11(2)12(13)3/h6-8H,4-5,9-10H2,1-3H3. The van der Waals surface area contributed by atoms with Crippen molar-refractivity contribution >= 4 is 5.97 Å². The molecular weight excluding hydrogens is 216 g/mol. The summed E-state index contributed by atoms with van der Waals surface area (Å²) >= 11 is 0. The number of carbonyl (C=O) groups is 1. The molecule has 1 aromatic rings. The zero-order valence-corrected chi connectivity index (χ0v) is 10.8. The van der Waals surface area contributed by atoms with E-state index >= 15 is 0 Å². The lowest BCUT2D eigenvalue weighted by Gasteiger charge is -2.10. The Morgan fingerprint density at radius 2 is 2.06 bits per heavy atom. The van der Waals surface area contributed by atoms with E-state index in [-0.39, 0.29) is 12.6 Å². The van der Waals surface area contributed by atoms with Crippen LogP contribution in [0.4, 0.5) is 0 Å². The summed E-state index contributed by atoms with van der Waals surface area (Å²) in [6.45, 7) is 6.51. The van der Waals surface area contributed by atoms with Crippen LogP contribution in [0.15, 0.2) is 18.2 Å². The lowest BCUT2D eigenvalue weighted by atomic mass is 10.1. The van der Waals surface area contributed by atoms with Crippen LogP contribution in [0, 0.1) is 13.8 Å². The highest BCUT2D eigenvalue weighted by Crippen LogP contribution is 2.20. The highest BCUT2D eigenvalue weighted by molar-refractivity contribution is 5.71. The summed E-state index contributed by atoms with van der Waals surface area (Å²) in [5, 5.41) is 0. The molecule has 0 aromatic heterocycles. The molecule has 0 saturated carbocycles. The third-order valence-electron chi connectivity index (χ3n) is 2.66. The largest absolute Gasteiger partial charge is 0.482 e. The van der Waals surface area contributed by atoms with Crippen LogP contribution in [-0.4, -0.2) is 19.2 Å². The topological polar surface area (TPSA) is 35.5 Å². The van der Waals surface area contributed by atoms with Gasteiger partial charge in [0.1, 0.15) is 5.75 Å². The van der Waals surface area contributed by atoms with Crippen LogP contribution in [0.5, 0.6) is 5.75 Å². The normalized spacial score (nSPS) is 10.1. The van der Waals surface area contributed by atoms with Gasteiger partial charge in [0.25, 0.3) is 0 Å². The van der Waals surface area contributed by atoms with Crippen molar-refractivity contribution in [3.8, 4) is 5.75 Å². The molecule has 1 aromatic carbocycles. The van der Waals surface area contributed by atoms with Crippen molar-refractivity contribution in [1.29, 1.82) is 0 Å². The van der Waals surface area contributed by atoms with Crippen molar-refractivity contribution in [1.82, 2.24) is 0 Å². The lowest BCUT2D eigenvalue weighted by Crippen LogP contribution is -2.15. The van der Waals surface area contributed by atoms with Crippen molar-refractivity contribution in [2.75, 3.05) is 13.2 Å². The van der Waals surface area contributed by atoms with E-state index in [1.165, 1.54) is 0 Å². The maximum absolute atomic E-state index is 11.3. The molecule has 0 fully saturated rings. The lowest BCUT2D eigenvalue weighted by molar-refractivity contribution is -0.146. The molecule has 0 aliphatic heterocycles. The molecule has 94 valence electrons. The van der Waals surface area contributed by atoms with E-state index < -0.39 is 0 Å². The molecule has 0 aliphatic rings. The molecule has 0 radical (unpaired) electrons. The third kappa shape index (κ3) is 4.47. The van der Waals surface area contributed by atoms with Gasteiger partial charge in [0.2, 0.25) is 0 Å². The number of hydrogen-bond acceptors (Lipinski definition) is 3. The minimum absolute atomic E-state index is 0.0198. The molecule has 0 spiro atoms. The fraction of sp³-hybridized carbons (Fsp3) is 0.500. The Bertz CT molecular complexity index is 372. The summed E-state index contributed by atoms with van der Waals surface area (Å²) in [6, 6.07) is 5.80. The van der Waals surface area contributed by atoms with Crippen LogP contribution in [-0.2, 0) is 9.53 Å². The molecule has 1 rings (SSSR count). The first kappa shape index (κ1) is 13.6. The Morgan fingerprint density at radius 1 is 1.29 bits per heavy atom. The van der Waals surface area contributed by atoms with E-state index in [1.807, 2.05) is 32.0 Å². The average molecular weight is 236 g/mol. The predicted molar refractivity (Wildman–Crippen MR) is 67.3 cm³/mol. The Labute approximate surface area is 103 Å². The van der Waals surface area contributed by atoms with Crippen molar-refractivity contribution in [3.05, 3.63) is 29.3 Å².